The van der Waals surface area contributed by atoms with Crippen LogP contribution in [0.4, 0.5) is 0 Å². The van der Waals surface area contributed by atoms with E-state index in [2.05, 4.69) is 132 Å². The van der Waals surface area contributed by atoms with Crippen molar-refractivity contribution >= 4 is 11.5 Å². The minimum absolute atomic E-state index is 0.732. The highest BCUT2D eigenvalue weighted by atomic mass is 16.5. The van der Waals surface area contributed by atoms with Gasteiger partial charge in [0.15, 0.2) is 0 Å². The maximum absolute atomic E-state index is 6.19. The first-order chi connectivity index (χ1) is 33.4. The van der Waals surface area contributed by atoms with Crippen molar-refractivity contribution in [3.63, 3.8) is 0 Å². The molecular weight excluding hydrogens is 837 g/mol. The lowest BCUT2D eigenvalue weighted by molar-refractivity contribution is 0.179. The van der Waals surface area contributed by atoms with Crippen LogP contribution in [0.2, 0.25) is 0 Å². The van der Waals surface area contributed by atoms with Crippen molar-refractivity contribution < 1.29 is 23.7 Å². The van der Waals surface area contributed by atoms with Gasteiger partial charge in [-0.25, -0.2) is 0 Å². The molecule has 4 aromatic rings. The van der Waals surface area contributed by atoms with Crippen molar-refractivity contribution in [1.29, 1.82) is 0 Å². The van der Waals surface area contributed by atoms with Gasteiger partial charge >= 0.3 is 0 Å². The van der Waals surface area contributed by atoms with Crippen LogP contribution in [0.25, 0.3) is 33.8 Å². The zero-order chi connectivity index (χ0) is 50.8. The van der Waals surface area contributed by atoms with E-state index in [1.165, 1.54) is 76.6 Å². The number of benzene rings is 4. The van der Waals surface area contributed by atoms with Crippen LogP contribution in [0.1, 0.15) is 190 Å². The molecule has 4 aromatic carbocycles. The summed E-state index contributed by atoms with van der Waals surface area (Å²) in [5.74, 6) is 4.18. The molecule has 0 aromatic heterocycles. The Kier molecular flexibility index (Phi) is 40.0. The van der Waals surface area contributed by atoms with Crippen molar-refractivity contribution in [3.8, 4) is 28.0 Å². The third kappa shape index (κ3) is 25.3. The minimum atomic E-state index is 0.732. The van der Waals surface area contributed by atoms with E-state index in [1.54, 1.807) is 14.2 Å². The summed E-state index contributed by atoms with van der Waals surface area (Å²) in [6, 6.07) is 34.5. The fourth-order valence-electron chi connectivity index (χ4n) is 6.98. The number of hydrogen-bond donors (Lipinski definition) is 0. The summed E-state index contributed by atoms with van der Waals surface area (Å²) in [6.07, 6.45) is 16.9. The van der Waals surface area contributed by atoms with Crippen molar-refractivity contribution in [1.82, 2.24) is 0 Å². The second-order valence-electron chi connectivity index (χ2n) is 16.3. The van der Waals surface area contributed by atoms with Crippen molar-refractivity contribution in [3.05, 3.63) is 125 Å². The first-order valence-electron chi connectivity index (χ1n) is 27.1. The molecule has 0 unspecified atom stereocenters. The molecule has 0 spiro atoms. The van der Waals surface area contributed by atoms with Crippen molar-refractivity contribution in [2.24, 2.45) is 5.92 Å². The lowest BCUT2D eigenvalue weighted by Crippen LogP contribution is -2.08. The van der Waals surface area contributed by atoms with Crippen LogP contribution in [-0.4, -0.2) is 47.3 Å². The van der Waals surface area contributed by atoms with Crippen LogP contribution in [0, 0.1) is 12.8 Å². The molecule has 2 fully saturated rings. The largest absolute Gasteiger partial charge is 0.494 e. The Balaban J connectivity index is 0.00000104. The fraction of sp³-hybridized carbons (Fsp3) is 0.556. The number of rotatable bonds is 22. The fourth-order valence-corrected chi connectivity index (χ4v) is 6.98. The lowest BCUT2D eigenvalue weighted by Gasteiger charge is -2.23. The molecular formula is C63H100O5. The van der Waals surface area contributed by atoms with Crippen LogP contribution in [0.5, 0.6) is 5.75 Å². The topological polar surface area (TPSA) is 46.2 Å². The van der Waals surface area contributed by atoms with Crippen LogP contribution in [-0.2, 0) is 18.9 Å². The van der Waals surface area contributed by atoms with E-state index >= 15 is 0 Å². The molecule has 5 heteroatoms. The summed E-state index contributed by atoms with van der Waals surface area (Å²) in [4.78, 5) is 0. The molecule has 6 rings (SSSR count). The Bertz CT molecular complexity index is 1790. The number of unbranched alkanes of at least 4 members (excludes halogenated alkanes) is 3. The van der Waals surface area contributed by atoms with Gasteiger partial charge in [0.05, 0.1) is 19.8 Å². The van der Waals surface area contributed by atoms with Crippen LogP contribution >= 0.6 is 0 Å². The molecule has 2 saturated carbocycles. The van der Waals surface area contributed by atoms with Gasteiger partial charge in [-0.05, 0) is 123 Å². The second-order valence-corrected chi connectivity index (χ2v) is 16.3. The maximum Gasteiger partial charge on any atom is 0.125 e. The predicted octanol–water partition coefficient (Wildman–Crippen LogP) is 19.4. The van der Waals surface area contributed by atoms with Gasteiger partial charge in [0.1, 0.15) is 17.3 Å². The lowest BCUT2D eigenvalue weighted by atomic mass is 9.84. The Morgan fingerprint density at radius 3 is 1.32 bits per heavy atom. The highest BCUT2D eigenvalue weighted by Gasteiger charge is 2.18. The number of hydrogen-bond acceptors (Lipinski definition) is 5. The molecule has 5 nitrogen and oxygen atoms in total. The van der Waals surface area contributed by atoms with E-state index in [9.17, 15) is 0 Å². The molecule has 0 bridgehead atoms. The summed E-state index contributed by atoms with van der Waals surface area (Å²) >= 11 is 0. The highest BCUT2D eigenvalue weighted by Crippen LogP contribution is 2.35. The van der Waals surface area contributed by atoms with E-state index in [0.717, 1.165) is 120 Å². The summed E-state index contributed by atoms with van der Waals surface area (Å²) in [5.41, 5.74) is 11.3. The second kappa shape index (κ2) is 42.8. The monoisotopic (exact) mass is 937 g/mol. The number of allylic oxidation sites excluding steroid dienone is 2. The third-order valence-corrected chi connectivity index (χ3v) is 11.6. The molecule has 2 aliphatic rings. The molecule has 0 radical (unpaired) electrons. The van der Waals surface area contributed by atoms with Crippen molar-refractivity contribution in [2.45, 2.75) is 180 Å². The standard InChI is InChI=1S/C26H34O3.C23H30O2.C6H12.4C2H6/c1-3-4-19-28-25-16-14-22(15-17-25)21-10-12-24(13-11-21)26(23-8-7-9-23)29-20-6-5-18-27-2;1-5-19(3)23(25-17-7-6-16-24-4)22-14-12-21(13-15-22)20-10-8-18(2)9-11-20;1-2-6-4-3-5-6;4*1-2/h10-17H,3-9,18-20H2,1-2H3;8-15H,5-7,16-17H2,1-4H3;6H,2-5H2,1H3;4*1-2H3/b;23-19-;;;;;. The summed E-state index contributed by atoms with van der Waals surface area (Å²) < 4.78 is 28.3. The molecule has 0 saturated heterocycles. The van der Waals surface area contributed by atoms with E-state index in [4.69, 9.17) is 23.7 Å². The molecule has 2 aliphatic carbocycles. The quantitative estimate of drug-likeness (QED) is 0.0580. The van der Waals surface area contributed by atoms with Gasteiger partial charge in [0.25, 0.3) is 0 Å². The Morgan fingerprint density at radius 2 is 0.941 bits per heavy atom. The summed E-state index contributed by atoms with van der Waals surface area (Å²) in [7, 11) is 3.49. The van der Waals surface area contributed by atoms with Crippen LogP contribution in [0.15, 0.2) is 108 Å². The van der Waals surface area contributed by atoms with Crippen LogP contribution < -0.4 is 4.74 Å². The van der Waals surface area contributed by atoms with Gasteiger partial charge in [-0.15, -0.1) is 0 Å². The maximum atomic E-state index is 6.19. The van der Waals surface area contributed by atoms with Crippen molar-refractivity contribution in [2.75, 3.05) is 47.3 Å². The average Bonchev–Trinajstić information content (AvgIpc) is 3.37. The van der Waals surface area contributed by atoms with E-state index in [-0.39, 0.29) is 0 Å². The molecule has 0 N–H and O–H groups in total. The van der Waals surface area contributed by atoms with E-state index in [1.807, 2.05) is 55.4 Å². The Labute approximate surface area is 419 Å². The van der Waals surface area contributed by atoms with E-state index < -0.39 is 0 Å². The molecule has 0 atom stereocenters. The Morgan fingerprint density at radius 1 is 0.500 bits per heavy atom. The molecule has 0 heterocycles. The van der Waals surface area contributed by atoms with E-state index in [0.29, 0.717) is 0 Å². The number of ether oxygens (including phenoxy) is 5. The molecule has 0 amide bonds. The molecule has 0 aliphatic heterocycles. The smallest absolute Gasteiger partial charge is 0.125 e. The van der Waals surface area contributed by atoms with Gasteiger partial charge in [-0.3, -0.25) is 0 Å². The predicted molar refractivity (Wildman–Crippen MR) is 300 cm³/mol. The van der Waals surface area contributed by atoms with Gasteiger partial charge in [0.2, 0.25) is 0 Å². The van der Waals surface area contributed by atoms with Gasteiger partial charge in [0, 0.05) is 38.6 Å². The molecule has 382 valence electrons. The van der Waals surface area contributed by atoms with Gasteiger partial charge in [-0.2, -0.15) is 0 Å². The Hall–Kier alpha value is -4.32. The molecule has 68 heavy (non-hydrogen) atoms. The normalized spacial score (nSPS) is 12.4. The first-order valence-corrected chi connectivity index (χ1v) is 27.1. The summed E-state index contributed by atoms with van der Waals surface area (Å²) in [6.45, 7) is 30.8. The minimum Gasteiger partial charge on any atom is -0.494 e. The third-order valence-electron chi connectivity index (χ3n) is 11.6. The van der Waals surface area contributed by atoms with Gasteiger partial charge < -0.3 is 23.7 Å². The number of aryl methyl sites for hydroxylation is 1. The zero-order valence-electron chi connectivity index (χ0n) is 46.3. The SMILES string of the molecule is CC.CC.CC.CC.CC/C(C)=C(\OCCCCOC)c1ccc(-c2ccc(C)cc2)cc1.CCC1CCC1.CCCCOc1ccc(-c2ccc(C(OCCCCOC)=C3CCC3)cc2)cc1. The number of methoxy groups -OCH3 is 2. The highest BCUT2D eigenvalue weighted by molar-refractivity contribution is 5.71. The van der Waals surface area contributed by atoms with Gasteiger partial charge in [-0.1, -0.05) is 199 Å². The first kappa shape index (κ1) is 63.7. The van der Waals surface area contributed by atoms with Crippen LogP contribution in [0.3, 0.4) is 0 Å². The zero-order valence-corrected chi connectivity index (χ0v) is 46.3. The summed E-state index contributed by atoms with van der Waals surface area (Å²) in [5, 5.41) is 0. The average molecular weight is 937 g/mol.